The number of rotatable bonds is 2. The molecule has 0 spiro atoms. The van der Waals surface area contributed by atoms with E-state index in [0.29, 0.717) is 5.69 Å². The van der Waals surface area contributed by atoms with Crippen molar-refractivity contribution < 1.29 is 13.5 Å². The predicted octanol–water partition coefficient (Wildman–Crippen LogP) is -0.0666. The Morgan fingerprint density at radius 2 is 2.15 bits per heavy atom. The molecular weight excluding hydrogens is 192 g/mol. The Hall–Kier alpha value is -1.01. The summed E-state index contributed by atoms with van der Waals surface area (Å²) in [5, 5.41) is 8.87. The first-order valence-electron chi connectivity index (χ1n) is 3.62. The monoisotopic (exact) mass is 202 g/mol. The van der Waals surface area contributed by atoms with Gasteiger partial charge in [-0.05, 0) is 13.0 Å². The molecule has 0 aromatic carbocycles. The van der Waals surface area contributed by atoms with Crippen LogP contribution in [0.4, 0.5) is 0 Å². The third kappa shape index (κ3) is 2.46. The molecule has 0 radical (unpaired) electrons. The maximum atomic E-state index is 11.0. The largest absolute Gasteiger partial charge is 0.387 e. The average Bonchev–Trinajstić information content (AvgIpc) is 2.03. The average molecular weight is 202 g/mol. The standard InChI is InChI=1S/C7H10N2O3S/c1-5(10)6-3-4-8-7(9-6)13(2,11)12/h3-5,10H,1-2H3. The van der Waals surface area contributed by atoms with Crippen molar-refractivity contribution in [3.8, 4) is 0 Å². The Morgan fingerprint density at radius 3 is 2.62 bits per heavy atom. The molecule has 0 saturated carbocycles. The second-order valence-corrected chi connectivity index (χ2v) is 4.62. The number of nitrogens with zero attached hydrogens (tertiary/aromatic N) is 2. The molecular formula is C7H10N2O3S. The third-order valence-corrected chi connectivity index (χ3v) is 2.27. The van der Waals surface area contributed by atoms with E-state index in [2.05, 4.69) is 9.97 Å². The minimum atomic E-state index is -3.39. The van der Waals surface area contributed by atoms with Gasteiger partial charge in [-0.1, -0.05) is 0 Å². The Morgan fingerprint density at radius 1 is 1.54 bits per heavy atom. The summed E-state index contributed by atoms with van der Waals surface area (Å²) in [6, 6.07) is 1.47. The molecule has 1 atom stereocenters. The molecule has 0 aliphatic carbocycles. The number of aliphatic hydroxyl groups excluding tert-OH is 1. The number of hydrogen-bond donors (Lipinski definition) is 1. The van der Waals surface area contributed by atoms with Gasteiger partial charge in [0.05, 0.1) is 11.8 Å². The summed E-state index contributed by atoms with van der Waals surface area (Å²) < 4.78 is 22.0. The molecule has 0 saturated heterocycles. The third-order valence-electron chi connectivity index (χ3n) is 1.41. The van der Waals surface area contributed by atoms with Crippen molar-refractivity contribution >= 4 is 9.84 Å². The van der Waals surface area contributed by atoms with E-state index >= 15 is 0 Å². The number of aliphatic hydroxyl groups is 1. The Balaban J connectivity index is 3.21. The normalized spacial score (nSPS) is 14.1. The van der Waals surface area contributed by atoms with Gasteiger partial charge in [0.2, 0.25) is 15.0 Å². The Kier molecular flexibility index (Phi) is 2.63. The van der Waals surface area contributed by atoms with Gasteiger partial charge in [-0.25, -0.2) is 18.4 Å². The van der Waals surface area contributed by atoms with Gasteiger partial charge in [0.15, 0.2) is 0 Å². The molecule has 0 bridgehead atoms. The molecule has 0 amide bonds. The van der Waals surface area contributed by atoms with E-state index in [1.54, 1.807) is 0 Å². The molecule has 1 rings (SSSR count). The van der Waals surface area contributed by atoms with Crippen LogP contribution in [0.2, 0.25) is 0 Å². The van der Waals surface area contributed by atoms with Gasteiger partial charge < -0.3 is 5.11 Å². The van der Waals surface area contributed by atoms with Crippen molar-refractivity contribution in [2.45, 2.75) is 18.2 Å². The summed E-state index contributed by atoms with van der Waals surface area (Å²) in [6.07, 6.45) is 1.54. The van der Waals surface area contributed by atoms with Crippen LogP contribution in [0, 0.1) is 0 Å². The van der Waals surface area contributed by atoms with Crippen molar-refractivity contribution in [2.75, 3.05) is 6.26 Å². The van der Waals surface area contributed by atoms with Gasteiger partial charge in [-0.2, -0.15) is 0 Å². The highest BCUT2D eigenvalue weighted by atomic mass is 32.2. The van der Waals surface area contributed by atoms with Crippen LogP contribution in [-0.4, -0.2) is 29.7 Å². The molecule has 5 nitrogen and oxygen atoms in total. The second kappa shape index (κ2) is 3.39. The summed E-state index contributed by atoms with van der Waals surface area (Å²) in [4.78, 5) is 7.28. The topological polar surface area (TPSA) is 80.2 Å². The van der Waals surface area contributed by atoms with Crippen molar-refractivity contribution in [1.29, 1.82) is 0 Å². The quantitative estimate of drug-likeness (QED) is 0.679. The first-order chi connectivity index (χ1) is 5.91. The molecule has 0 fully saturated rings. The highest BCUT2D eigenvalue weighted by Crippen LogP contribution is 2.09. The fraction of sp³-hybridized carbons (Fsp3) is 0.429. The lowest BCUT2D eigenvalue weighted by Crippen LogP contribution is -2.07. The Bertz CT molecular complexity index is 400. The summed E-state index contributed by atoms with van der Waals surface area (Å²) in [7, 11) is -3.39. The highest BCUT2D eigenvalue weighted by Gasteiger charge is 2.12. The number of sulfone groups is 1. The minimum absolute atomic E-state index is 0.258. The van der Waals surface area contributed by atoms with Crippen LogP contribution in [0.3, 0.4) is 0 Å². The van der Waals surface area contributed by atoms with Crippen LogP contribution < -0.4 is 0 Å². The van der Waals surface area contributed by atoms with Gasteiger partial charge in [0.25, 0.3) is 0 Å². The molecule has 1 aromatic heterocycles. The SMILES string of the molecule is CC(O)c1ccnc(S(C)(=O)=O)n1. The van der Waals surface area contributed by atoms with Gasteiger partial charge >= 0.3 is 0 Å². The van der Waals surface area contributed by atoms with Gasteiger partial charge in [-0.3, -0.25) is 0 Å². The maximum absolute atomic E-state index is 11.0. The van der Waals surface area contributed by atoms with Crippen LogP contribution in [0.25, 0.3) is 0 Å². The lowest BCUT2D eigenvalue weighted by Gasteiger charge is -2.03. The summed E-state index contributed by atoms with van der Waals surface area (Å²) >= 11 is 0. The van der Waals surface area contributed by atoms with Crippen molar-refractivity contribution in [2.24, 2.45) is 0 Å². The lowest BCUT2D eigenvalue weighted by molar-refractivity contribution is 0.193. The van der Waals surface area contributed by atoms with E-state index in [1.165, 1.54) is 19.2 Å². The van der Waals surface area contributed by atoms with Crippen LogP contribution in [-0.2, 0) is 9.84 Å². The van der Waals surface area contributed by atoms with Crippen LogP contribution in [0.1, 0.15) is 18.7 Å². The van der Waals surface area contributed by atoms with Gasteiger partial charge in [-0.15, -0.1) is 0 Å². The van der Waals surface area contributed by atoms with E-state index in [4.69, 9.17) is 5.11 Å². The predicted molar refractivity (Wildman–Crippen MR) is 45.8 cm³/mol. The summed E-state index contributed by atoms with van der Waals surface area (Å²) in [5.41, 5.74) is 0.301. The van der Waals surface area contributed by atoms with Crippen molar-refractivity contribution in [1.82, 2.24) is 9.97 Å². The van der Waals surface area contributed by atoms with Gasteiger partial charge in [0, 0.05) is 12.5 Å². The zero-order valence-corrected chi connectivity index (χ0v) is 8.11. The first-order valence-corrected chi connectivity index (χ1v) is 5.51. The van der Waals surface area contributed by atoms with Gasteiger partial charge in [0.1, 0.15) is 0 Å². The fourth-order valence-electron chi connectivity index (χ4n) is 0.765. The van der Waals surface area contributed by atoms with Crippen molar-refractivity contribution in [3.05, 3.63) is 18.0 Å². The summed E-state index contributed by atoms with van der Waals surface area (Å²) in [6.45, 7) is 1.51. The van der Waals surface area contributed by atoms with E-state index < -0.39 is 15.9 Å². The van der Waals surface area contributed by atoms with Crippen molar-refractivity contribution in [3.63, 3.8) is 0 Å². The smallest absolute Gasteiger partial charge is 0.247 e. The molecule has 1 unspecified atom stereocenters. The van der Waals surface area contributed by atoms with E-state index in [1.807, 2.05) is 0 Å². The molecule has 1 aromatic rings. The van der Waals surface area contributed by atoms with Crippen LogP contribution >= 0.6 is 0 Å². The molecule has 1 heterocycles. The van der Waals surface area contributed by atoms with E-state index in [9.17, 15) is 8.42 Å². The highest BCUT2D eigenvalue weighted by molar-refractivity contribution is 7.90. The van der Waals surface area contributed by atoms with Crippen LogP contribution in [0.15, 0.2) is 17.4 Å². The van der Waals surface area contributed by atoms with E-state index in [-0.39, 0.29) is 5.16 Å². The minimum Gasteiger partial charge on any atom is -0.387 e. The summed E-state index contributed by atoms with van der Waals surface area (Å²) in [5.74, 6) is 0. The molecule has 1 N–H and O–H groups in total. The zero-order chi connectivity index (χ0) is 10.1. The molecule has 6 heteroatoms. The van der Waals surface area contributed by atoms with E-state index in [0.717, 1.165) is 6.26 Å². The second-order valence-electron chi connectivity index (χ2n) is 2.71. The molecule has 13 heavy (non-hydrogen) atoms. The zero-order valence-electron chi connectivity index (χ0n) is 7.30. The molecule has 0 aliphatic heterocycles. The van der Waals surface area contributed by atoms with Crippen LogP contribution in [0.5, 0.6) is 0 Å². The Labute approximate surface area is 76.4 Å². The molecule has 72 valence electrons. The lowest BCUT2D eigenvalue weighted by atomic mass is 10.3. The maximum Gasteiger partial charge on any atom is 0.247 e. The number of aromatic nitrogens is 2. The molecule has 0 aliphatic rings. The number of hydrogen-bond acceptors (Lipinski definition) is 5. The first kappa shape index (κ1) is 10.1. The fourth-order valence-corrected chi connectivity index (χ4v) is 1.29.